The first-order valence-corrected chi connectivity index (χ1v) is 11.3. The average Bonchev–Trinajstić information content (AvgIpc) is 3.47. The van der Waals surface area contributed by atoms with Crippen LogP contribution in [0.1, 0.15) is 18.7 Å². The Bertz CT molecular complexity index is 969. The third kappa shape index (κ3) is 4.44. The number of carbonyl (C=O) groups is 1. The van der Waals surface area contributed by atoms with E-state index in [9.17, 15) is 4.79 Å². The number of carbonyl (C=O) groups excluding carboxylic acids is 1. The van der Waals surface area contributed by atoms with Crippen LogP contribution in [0.15, 0.2) is 35.7 Å². The van der Waals surface area contributed by atoms with Crippen molar-refractivity contribution in [3.63, 3.8) is 0 Å². The highest BCUT2D eigenvalue weighted by molar-refractivity contribution is 7.22. The number of thiophene rings is 1. The van der Waals surface area contributed by atoms with Crippen LogP contribution in [0.3, 0.4) is 0 Å². The lowest BCUT2D eigenvalue weighted by atomic mass is 10.3. The van der Waals surface area contributed by atoms with Gasteiger partial charge in [-0.25, -0.2) is 4.98 Å². The van der Waals surface area contributed by atoms with Gasteiger partial charge in [0, 0.05) is 36.2 Å². The van der Waals surface area contributed by atoms with E-state index in [0.717, 1.165) is 40.5 Å². The third-order valence-electron chi connectivity index (χ3n) is 4.84. The largest absolute Gasteiger partial charge is 0.454 e. The second kappa shape index (κ2) is 8.94. The number of ether oxygens (including phenoxy) is 2. The van der Waals surface area contributed by atoms with Crippen LogP contribution in [0.4, 0.5) is 5.13 Å². The van der Waals surface area contributed by atoms with Gasteiger partial charge in [0.1, 0.15) is 0 Å². The van der Waals surface area contributed by atoms with E-state index in [1.165, 1.54) is 11.3 Å². The van der Waals surface area contributed by atoms with Crippen molar-refractivity contribution < 1.29 is 14.3 Å². The minimum atomic E-state index is -0.0651. The van der Waals surface area contributed by atoms with Crippen LogP contribution in [0.2, 0.25) is 0 Å². The Balaban J connectivity index is 1.61. The molecule has 4 rings (SSSR count). The molecule has 1 amide bonds. The number of hydrogen-bond acceptors (Lipinski definition) is 7. The summed E-state index contributed by atoms with van der Waals surface area (Å²) in [5.41, 5.74) is 0.817. The quantitative estimate of drug-likeness (QED) is 0.495. The van der Waals surface area contributed by atoms with Crippen molar-refractivity contribution in [3.05, 3.63) is 40.6 Å². The molecule has 0 radical (unpaired) electrons. The Morgan fingerprint density at radius 1 is 1.21 bits per heavy atom. The fourth-order valence-electron chi connectivity index (χ4n) is 3.13. The molecule has 0 spiro atoms. The zero-order chi connectivity index (χ0) is 20.2. The van der Waals surface area contributed by atoms with Crippen LogP contribution in [0.25, 0.3) is 16.3 Å². The Labute approximate surface area is 178 Å². The van der Waals surface area contributed by atoms with Crippen molar-refractivity contribution in [2.45, 2.75) is 13.8 Å². The molecule has 152 valence electrons. The summed E-state index contributed by atoms with van der Waals surface area (Å²) >= 11 is 3.11. The molecule has 29 heavy (non-hydrogen) atoms. The molecule has 1 aliphatic rings. The fraction of sp³-hybridized carbons (Fsp3) is 0.333. The highest BCUT2D eigenvalue weighted by atomic mass is 32.1. The summed E-state index contributed by atoms with van der Waals surface area (Å²) in [7, 11) is 0. The third-order valence-corrected chi connectivity index (χ3v) is 6.71. The molecule has 0 saturated heterocycles. The second-order valence-electron chi connectivity index (χ2n) is 6.54. The average molecular weight is 430 g/mol. The van der Waals surface area contributed by atoms with Crippen LogP contribution in [0, 0.1) is 0 Å². The molecule has 1 aromatic carbocycles. The lowest BCUT2D eigenvalue weighted by Crippen LogP contribution is -2.38. The summed E-state index contributed by atoms with van der Waals surface area (Å²) in [6.45, 7) is 7.78. The molecule has 0 N–H and O–H groups in total. The lowest BCUT2D eigenvalue weighted by molar-refractivity contribution is -0.114. The highest BCUT2D eigenvalue weighted by Crippen LogP contribution is 2.39. The van der Waals surface area contributed by atoms with Crippen LogP contribution in [-0.4, -0.2) is 48.8 Å². The summed E-state index contributed by atoms with van der Waals surface area (Å²) in [6, 6.07) is 7.79. The van der Waals surface area contributed by atoms with Crippen molar-refractivity contribution in [1.29, 1.82) is 0 Å². The Hall–Kier alpha value is -2.42. The van der Waals surface area contributed by atoms with Gasteiger partial charge in [-0.05, 0) is 30.6 Å². The van der Waals surface area contributed by atoms with E-state index < -0.39 is 0 Å². The van der Waals surface area contributed by atoms with Gasteiger partial charge in [0.25, 0.3) is 5.91 Å². The number of hydrogen-bond donors (Lipinski definition) is 0. The number of benzene rings is 1. The minimum absolute atomic E-state index is 0.0651. The van der Waals surface area contributed by atoms with Gasteiger partial charge >= 0.3 is 0 Å². The monoisotopic (exact) mass is 429 g/mol. The van der Waals surface area contributed by atoms with Crippen LogP contribution in [0.5, 0.6) is 11.5 Å². The maximum Gasteiger partial charge on any atom is 0.252 e. The molecule has 8 heteroatoms. The van der Waals surface area contributed by atoms with Gasteiger partial charge < -0.3 is 14.4 Å². The first-order valence-electron chi connectivity index (χ1n) is 9.63. The molecule has 6 nitrogen and oxygen atoms in total. The standard InChI is InChI=1S/C21H23N3O3S2/c1-3-23(4-2)9-10-24(20(25)8-7-15-6-5-11-28-15)21-22-16-12-17-18(27-14-26-17)13-19(16)29-21/h5-8,11-13H,3-4,9-10,14H2,1-2H3/b8-7+. The fourth-order valence-corrected chi connectivity index (χ4v) is 4.76. The highest BCUT2D eigenvalue weighted by Gasteiger charge is 2.21. The van der Waals surface area contributed by atoms with Crippen LogP contribution in [-0.2, 0) is 4.79 Å². The van der Waals surface area contributed by atoms with Crippen molar-refractivity contribution in [3.8, 4) is 11.5 Å². The number of rotatable bonds is 8. The maximum absolute atomic E-state index is 13.0. The van der Waals surface area contributed by atoms with Crippen molar-refractivity contribution >= 4 is 50.0 Å². The summed E-state index contributed by atoms with van der Waals surface area (Å²) in [5, 5.41) is 2.69. The van der Waals surface area contributed by atoms with Gasteiger partial charge in [-0.1, -0.05) is 31.3 Å². The van der Waals surface area contributed by atoms with Crippen molar-refractivity contribution in [2.24, 2.45) is 0 Å². The van der Waals surface area contributed by atoms with E-state index in [2.05, 4.69) is 18.7 Å². The minimum Gasteiger partial charge on any atom is -0.454 e. The first-order chi connectivity index (χ1) is 14.2. The molecule has 3 heterocycles. The van der Waals surface area contributed by atoms with Crippen LogP contribution < -0.4 is 14.4 Å². The molecule has 0 saturated carbocycles. The zero-order valence-electron chi connectivity index (χ0n) is 16.5. The Kier molecular flexibility index (Phi) is 6.13. The predicted molar refractivity (Wildman–Crippen MR) is 119 cm³/mol. The molecular formula is C21H23N3O3S2. The SMILES string of the molecule is CCN(CC)CCN(C(=O)/C=C/c1cccs1)c1nc2cc3c(cc2s1)OCO3. The van der Waals surface area contributed by atoms with E-state index in [0.29, 0.717) is 17.4 Å². The van der Waals surface area contributed by atoms with Gasteiger partial charge in [-0.3, -0.25) is 9.69 Å². The number of aromatic nitrogens is 1. The van der Waals surface area contributed by atoms with E-state index in [4.69, 9.17) is 14.5 Å². The summed E-state index contributed by atoms with van der Waals surface area (Å²) in [5.74, 6) is 1.36. The van der Waals surface area contributed by atoms with Crippen molar-refractivity contribution in [2.75, 3.05) is 37.9 Å². The normalized spacial score (nSPS) is 13.1. The predicted octanol–water partition coefficient (Wildman–Crippen LogP) is 4.47. The molecule has 0 fully saturated rings. The van der Waals surface area contributed by atoms with Gasteiger partial charge in [0.15, 0.2) is 16.6 Å². The Morgan fingerprint density at radius 2 is 2.00 bits per heavy atom. The summed E-state index contributed by atoms with van der Waals surface area (Å²) < 4.78 is 11.9. The van der Waals surface area contributed by atoms with Gasteiger partial charge in [-0.2, -0.15) is 0 Å². The van der Waals surface area contributed by atoms with Crippen LogP contribution >= 0.6 is 22.7 Å². The van der Waals surface area contributed by atoms with E-state index >= 15 is 0 Å². The lowest BCUT2D eigenvalue weighted by Gasteiger charge is -2.23. The summed E-state index contributed by atoms with van der Waals surface area (Å²) in [6.07, 6.45) is 3.49. The molecule has 3 aromatic rings. The molecule has 0 aliphatic carbocycles. The zero-order valence-corrected chi connectivity index (χ0v) is 18.1. The number of anilines is 1. The summed E-state index contributed by atoms with van der Waals surface area (Å²) in [4.78, 5) is 22.9. The number of thiazole rings is 1. The number of amides is 1. The Morgan fingerprint density at radius 3 is 2.72 bits per heavy atom. The number of fused-ring (bicyclic) bond motifs is 2. The van der Waals surface area contributed by atoms with Gasteiger partial charge in [-0.15, -0.1) is 11.3 Å². The molecule has 0 atom stereocenters. The number of nitrogens with zero attached hydrogens (tertiary/aromatic N) is 3. The van der Waals surface area contributed by atoms with Gasteiger partial charge in [0.05, 0.1) is 10.2 Å². The van der Waals surface area contributed by atoms with E-state index in [-0.39, 0.29) is 12.7 Å². The maximum atomic E-state index is 13.0. The molecule has 0 unspecified atom stereocenters. The van der Waals surface area contributed by atoms with Gasteiger partial charge in [0.2, 0.25) is 6.79 Å². The van der Waals surface area contributed by atoms with Crippen molar-refractivity contribution in [1.82, 2.24) is 9.88 Å². The smallest absolute Gasteiger partial charge is 0.252 e. The van der Waals surface area contributed by atoms with E-state index in [1.807, 2.05) is 35.7 Å². The topological polar surface area (TPSA) is 54.9 Å². The van der Waals surface area contributed by atoms with E-state index in [1.54, 1.807) is 22.3 Å². The number of likely N-dealkylation sites (N-methyl/N-ethyl adjacent to an activating group) is 1. The second-order valence-corrected chi connectivity index (χ2v) is 8.52. The molecule has 1 aliphatic heterocycles. The molecule has 2 aromatic heterocycles. The molecule has 0 bridgehead atoms. The molecular weight excluding hydrogens is 406 g/mol. The first kappa shape index (κ1) is 19.9.